The molecule has 0 atom stereocenters. The van der Waals surface area contributed by atoms with Crippen molar-refractivity contribution < 1.29 is 9.29 Å². The standard InChI is InChI=1S/C22H20FN5S/c23-18-8-6-17(7-9-18)19-20-21(29-26-19)22(25-15-24-20)28-12-10-27(11-13-28)14-16-4-2-1-3-5-16/h1-9,15H,10-14H2/p+1. The minimum absolute atomic E-state index is 0.250. The molecule has 0 saturated carbocycles. The number of aromatic nitrogens is 3. The van der Waals surface area contributed by atoms with Gasteiger partial charge in [-0.15, -0.1) is 0 Å². The fourth-order valence-electron chi connectivity index (χ4n) is 3.87. The van der Waals surface area contributed by atoms with Gasteiger partial charge in [0.05, 0.1) is 26.2 Å². The summed E-state index contributed by atoms with van der Waals surface area (Å²) in [6.45, 7) is 5.12. The maximum Gasteiger partial charge on any atom is 0.152 e. The van der Waals surface area contributed by atoms with Crippen molar-refractivity contribution in [2.24, 2.45) is 0 Å². The molecular formula is C22H21FN5S+. The highest BCUT2D eigenvalue weighted by molar-refractivity contribution is 7.14. The summed E-state index contributed by atoms with van der Waals surface area (Å²) in [5, 5.41) is 0. The third-order valence-corrected chi connectivity index (χ3v) is 6.25. The number of halogens is 1. The molecule has 0 radical (unpaired) electrons. The Hall–Kier alpha value is -2.90. The highest BCUT2D eigenvalue weighted by atomic mass is 32.1. The van der Waals surface area contributed by atoms with E-state index in [1.165, 1.54) is 29.2 Å². The smallest absolute Gasteiger partial charge is 0.152 e. The molecule has 5 rings (SSSR count). The molecule has 0 amide bonds. The van der Waals surface area contributed by atoms with Crippen molar-refractivity contribution in [2.45, 2.75) is 6.54 Å². The van der Waals surface area contributed by atoms with E-state index in [1.54, 1.807) is 23.4 Å². The lowest BCUT2D eigenvalue weighted by molar-refractivity contribution is -0.914. The summed E-state index contributed by atoms with van der Waals surface area (Å²) in [6, 6.07) is 17.1. The van der Waals surface area contributed by atoms with Crippen molar-refractivity contribution in [3.63, 3.8) is 0 Å². The minimum atomic E-state index is -0.250. The molecule has 1 aliphatic rings. The van der Waals surface area contributed by atoms with Crippen LogP contribution in [0.1, 0.15) is 5.56 Å². The molecule has 146 valence electrons. The quantitative estimate of drug-likeness (QED) is 0.566. The average Bonchev–Trinajstić information content (AvgIpc) is 3.20. The summed E-state index contributed by atoms with van der Waals surface area (Å²) in [4.78, 5) is 13.0. The van der Waals surface area contributed by atoms with Crippen molar-refractivity contribution in [3.8, 4) is 11.3 Å². The highest BCUT2D eigenvalue weighted by Crippen LogP contribution is 2.34. The summed E-state index contributed by atoms with van der Waals surface area (Å²) < 4.78 is 18.9. The molecule has 2 aromatic carbocycles. The Labute approximate surface area is 172 Å². The van der Waals surface area contributed by atoms with E-state index in [0.717, 1.165) is 60.0 Å². The van der Waals surface area contributed by atoms with Gasteiger partial charge in [0.15, 0.2) is 5.82 Å². The summed E-state index contributed by atoms with van der Waals surface area (Å²) in [6.07, 6.45) is 1.61. The molecule has 2 aromatic heterocycles. The van der Waals surface area contributed by atoms with Gasteiger partial charge >= 0.3 is 0 Å². The van der Waals surface area contributed by atoms with Crippen molar-refractivity contribution in [1.29, 1.82) is 0 Å². The third kappa shape index (κ3) is 3.71. The number of benzene rings is 2. The summed E-state index contributed by atoms with van der Waals surface area (Å²) >= 11 is 1.42. The number of anilines is 1. The molecule has 4 aromatic rings. The normalized spacial score (nSPS) is 15.1. The van der Waals surface area contributed by atoms with Crippen molar-refractivity contribution >= 4 is 27.6 Å². The lowest BCUT2D eigenvalue weighted by Gasteiger charge is -2.33. The van der Waals surface area contributed by atoms with Crippen LogP contribution in [0, 0.1) is 5.82 Å². The van der Waals surface area contributed by atoms with Gasteiger partial charge in [0.2, 0.25) is 0 Å². The molecule has 0 spiro atoms. The lowest BCUT2D eigenvalue weighted by atomic mass is 10.1. The fraction of sp³-hybridized carbons (Fsp3) is 0.227. The first kappa shape index (κ1) is 18.1. The van der Waals surface area contributed by atoms with Crippen molar-refractivity contribution in [1.82, 2.24) is 14.3 Å². The molecule has 5 nitrogen and oxygen atoms in total. The Bertz CT molecular complexity index is 1110. The van der Waals surface area contributed by atoms with Crippen LogP contribution in [0.4, 0.5) is 10.2 Å². The van der Waals surface area contributed by atoms with E-state index in [-0.39, 0.29) is 5.82 Å². The fourth-order valence-corrected chi connectivity index (χ4v) is 4.74. The second kappa shape index (κ2) is 7.85. The molecule has 0 bridgehead atoms. The Morgan fingerprint density at radius 1 is 0.966 bits per heavy atom. The van der Waals surface area contributed by atoms with E-state index >= 15 is 0 Å². The first-order chi connectivity index (χ1) is 14.3. The summed E-state index contributed by atoms with van der Waals surface area (Å²) in [5.41, 5.74) is 3.89. The monoisotopic (exact) mass is 406 g/mol. The van der Waals surface area contributed by atoms with Crippen molar-refractivity contribution in [2.75, 3.05) is 31.1 Å². The number of rotatable bonds is 4. The van der Waals surface area contributed by atoms with Gasteiger partial charge < -0.3 is 9.80 Å². The Kier molecular flexibility index (Phi) is 4.91. The number of hydrogen-bond acceptors (Lipinski definition) is 5. The van der Waals surface area contributed by atoms with E-state index in [4.69, 9.17) is 0 Å². The Balaban J connectivity index is 1.35. The molecule has 1 aliphatic heterocycles. The Morgan fingerprint density at radius 2 is 1.72 bits per heavy atom. The molecule has 3 heterocycles. The minimum Gasteiger partial charge on any atom is -0.344 e. The molecule has 1 fully saturated rings. The van der Waals surface area contributed by atoms with E-state index in [9.17, 15) is 4.39 Å². The van der Waals surface area contributed by atoms with Crippen LogP contribution >= 0.6 is 11.5 Å². The van der Waals surface area contributed by atoms with Gasteiger partial charge in [-0.2, -0.15) is 4.37 Å². The van der Waals surface area contributed by atoms with Gasteiger partial charge in [0.1, 0.15) is 34.6 Å². The van der Waals surface area contributed by atoms with Crippen LogP contribution in [-0.2, 0) is 6.54 Å². The van der Waals surface area contributed by atoms with Gasteiger partial charge in [-0.05, 0) is 35.8 Å². The molecule has 1 saturated heterocycles. The zero-order valence-corrected chi connectivity index (χ0v) is 16.7. The molecule has 0 unspecified atom stereocenters. The van der Waals surface area contributed by atoms with E-state index in [2.05, 4.69) is 49.6 Å². The second-order valence-electron chi connectivity index (χ2n) is 7.31. The van der Waals surface area contributed by atoms with Crippen LogP contribution < -0.4 is 9.80 Å². The van der Waals surface area contributed by atoms with Crippen LogP contribution in [0.5, 0.6) is 0 Å². The van der Waals surface area contributed by atoms with Gasteiger partial charge in [-0.3, -0.25) is 0 Å². The number of quaternary nitrogens is 1. The molecule has 29 heavy (non-hydrogen) atoms. The topological polar surface area (TPSA) is 46.4 Å². The molecule has 7 heteroatoms. The van der Waals surface area contributed by atoms with Crippen LogP contribution in [0.25, 0.3) is 21.5 Å². The molecular weight excluding hydrogens is 385 g/mol. The lowest BCUT2D eigenvalue weighted by Crippen LogP contribution is -3.13. The van der Waals surface area contributed by atoms with E-state index in [1.807, 2.05) is 0 Å². The van der Waals surface area contributed by atoms with Crippen LogP contribution in [0.2, 0.25) is 0 Å². The second-order valence-corrected chi connectivity index (χ2v) is 8.09. The third-order valence-electron chi connectivity index (χ3n) is 5.42. The number of fused-ring (bicyclic) bond motifs is 1. The number of nitrogens with zero attached hydrogens (tertiary/aromatic N) is 4. The number of piperazine rings is 1. The predicted molar refractivity (Wildman–Crippen MR) is 114 cm³/mol. The zero-order chi connectivity index (χ0) is 19.6. The SMILES string of the molecule is Fc1ccc(-c2nsc3c(N4CC[NH+](Cc5ccccc5)CC4)ncnc23)cc1. The Morgan fingerprint density at radius 3 is 2.48 bits per heavy atom. The van der Waals surface area contributed by atoms with Crippen LogP contribution in [-0.4, -0.2) is 40.5 Å². The van der Waals surface area contributed by atoms with E-state index in [0.29, 0.717) is 0 Å². The predicted octanol–water partition coefficient (Wildman–Crippen LogP) is 2.80. The highest BCUT2D eigenvalue weighted by Gasteiger charge is 2.24. The number of hydrogen-bond donors (Lipinski definition) is 1. The summed E-state index contributed by atoms with van der Waals surface area (Å²) in [5.74, 6) is 0.707. The molecule has 0 aliphatic carbocycles. The zero-order valence-electron chi connectivity index (χ0n) is 15.9. The van der Waals surface area contributed by atoms with Gasteiger partial charge in [-0.25, -0.2) is 14.4 Å². The van der Waals surface area contributed by atoms with E-state index < -0.39 is 0 Å². The van der Waals surface area contributed by atoms with Crippen LogP contribution in [0.3, 0.4) is 0 Å². The van der Waals surface area contributed by atoms with Gasteiger partial charge in [0.25, 0.3) is 0 Å². The largest absolute Gasteiger partial charge is 0.344 e. The maximum absolute atomic E-state index is 13.3. The summed E-state index contributed by atoms with van der Waals surface area (Å²) in [7, 11) is 0. The van der Waals surface area contributed by atoms with Gasteiger partial charge in [0, 0.05) is 11.1 Å². The average molecular weight is 407 g/mol. The first-order valence-electron chi connectivity index (χ1n) is 9.77. The first-order valence-corrected chi connectivity index (χ1v) is 10.5. The maximum atomic E-state index is 13.3. The number of nitrogens with one attached hydrogen (secondary N) is 1. The van der Waals surface area contributed by atoms with Crippen LogP contribution in [0.15, 0.2) is 60.9 Å². The van der Waals surface area contributed by atoms with Crippen molar-refractivity contribution in [3.05, 3.63) is 72.3 Å². The van der Waals surface area contributed by atoms with Gasteiger partial charge in [-0.1, -0.05) is 30.3 Å². The molecule has 1 N–H and O–H groups in total.